The Bertz CT molecular complexity index is 454. The van der Waals surface area contributed by atoms with Gasteiger partial charge in [0.05, 0.1) is 6.54 Å². The largest absolute Gasteiger partial charge is 0.480 e. The van der Waals surface area contributed by atoms with E-state index in [9.17, 15) is 22.8 Å². The first-order valence-electron chi connectivity index (χ1n) is 4.95. The zero-order chi connectivity index (χ0) is 14.6. The molecule has 0 saturated carbocycles. The molecule has 0 fully saturated rings. The fraction of sp³-hybridized carbons (Fsp3) is 0.667. The fourth-order valence-corrected chi connectivity index (χ4v) is 1.19. The number of carbonyl (C=O) groups excluding carboxylic acids is 2. The first kappa shape index (κ1) is 16.4. The second-order valence-electron chi connectivity index (χ2n) is 4.14. The Kier molecular flexibility index (Phi) is 5.28. The first-order chi connectivity index (χ1) is 7.98. The van der Waals surface area contributed by atoms with Gasteiger partial charge < -0.3 is 15.7 Å². The third-order valence-corrected chi connectivity index (χ3v) is 4.36. The summed E-state index contributed by atoms with van der Waals surface area (Å²) in [6, 6.07) is 0. The van der Waals surface area contributed by atoms with Crippen LogP contribution in [-0.2, 0) is 24.2 Å². The van der Waals surface area contributed by atoms with Crippen LogP contribution in [0.15, 0.2) is 0 Å². The van der Waals surface area contributed by atoms with E-state index in [1.165, 1.54) is 13.8 Å². The summed E-state index contributed by atoms with van der Waals surface area (Å²) in [4.78, 5) is 32.8. The quantitative estimate of drug-likeness (QED) is 0.522. The lowest BCUT2D eigenvalue weighted by molar-refractivity contribution is -0.137. The second-order valence-corrected chi connectivity index (χ2v) is 6.70. The second kappa shape index (κ2) is 5.80. The highest BCUT2D eigenvalue weighted by Crippen LogP contribution is 2.14. The zero-order valence-corrected chi connectivity index (χ0v) is 11.1. The summed E-state index contributed by atoms with van der Waals surface area (Å²) >= 11 is 0. The van der Waals surface area contributed by atoms with Crippen LogP contribution < -0.4 is 10.6 Å². The topological polar surface area (TPSA) is 130 Å². The van der Waals surface area contributed by atoms with Gasteiger partial charge in [-0.1, -0.05) is 0 Å². The molecule has 0 rings (SSSR count). The molecule has 0 bridgehead atoms. The van der Waals surface area contributed by atoms with Gasteiger partial charge in [-0.25, -0.2) is 8.42 Å². The molecule has 0 aromatic rings. The predicted molar refractivity (Wildman–Crippen MR) is 62.6 cm³/mol. The summed E-state index contributed by atoms with van der Waals surface area (Å²) < 4.78 is 21.0. The molecule has 18 heavy (non-hydrogen) atoms. The standard InChI is InChI=1S/C9H16N2O6S/c1-9(2,18(3,16)17)8(15)11-4-6(12)10-5-7(13)14/h4-5H2,1-3H3,(H,10,12)(H,11,15)(H,13,14). The molecule has 0 aliphatic carbocycles. The smallest absolute Gasteiger partial charge is 0.322 e. The maximum Gasteiger partial charge on any atom is 0.322 e. The van der Waals surface area contributed by atoms with Crippen molar-refractivity contribution in [2.24, 2.45) is 0 Å². The lowest BCUT2D eigenvalue weighted by atomic mass is 10.2. The number of carboxylic acids is 1. The molecule has 0 spiro atoms. The number of aliphatic carboxylic acids is 1. The summed E-state index contributed by atoms with van der Waals surface area (Å²) in [5, 5.41) is 12.4. The average molecular weight is 280 g/mol. The minimum Gasteiger partial charge on any atom is -0.480 e. The minimum absolute atomic E-state index is 0.481. The number of carboxylic acid groups (broad SMARTS) is 1. The molecular weight excluding hydrogens is 264 g/mol. The third kappa shape index (κ3) is 4.70. The molecule has 2 amide bonds. The van der Waals surface area contributed by atoms with Crippen molar-refractivity contribution in [2.75, 3.05) is 19.3 Å². The SMILES string of the molecule is CC(C)(C(=O)NCC(=O)NCC(=O)O)S(C)(=O)=O. The number of nitrogens with one attached hydrogen (secondary N) is 2. The van der Waals surface area contributed by atoms with Crippen molar-refractivity contribution >= 4 is 27.6 Å². The van der Waals surface area contributed by atoms with Gasteiger partial charge >= 0.3 is 5.97 Å². The highest BCUT2D eigenvalue weighted by molar-refractivity contribution is 7.92. The van der Waals surface area contributed by atoms with E-state index < -0.39 is 45.5 Å². The average Bonchev–Trinajstić information content (AvgIpc) is 2.21. The Labute approximate surface area is 105 Å². The number of sulfone groups is 1. The van der Waals surface area contributed by atoms with Crippen molar-refractivity contribution in [1.29, 1.82) is 0 Å². The van der Waals surface area contributed by atoms with E-state index in [0.717, 1.165) is 6.26 Å². The van der Waals surface area contributed by atoms with Crippen LogP contribution in [0.2, 0.25) is 0 Å². The van der Waals surface area contributed by atoms with Crippen LogP contribution in [0, 0.1) is 0 Å². The molecule has 104 valence electrons. The molecule has 0 unspecified atom stereocenters. The minimum atomic E-state index is -3.61. The number of amides is 2. The summed E-state index contributed by atoms with van der Waals surface area (Å²) in [5.41, 5.74) is 0. The number of rotatable bonds is 6. The molecule has 0 aromatic heterocycles. The molecule has 8 nitrogen and oxygen atoms in total. The van der Waals surface area contributed by atoms with Crippen LogP contribution in [0.1, 0.15) is 13.8 Å². The number of hydrogen-bond acceptors (Lipinski definition) is 5. The molecular formula is C9H16N2O6S. The zero-order valence-electron chi connectivity index (χ0n) is 10.3. The van der Waals surface area contributed by atoms with Crippen LogP contribution in [0.5, 0.6) is 0 Å². The van der Waals surface area contributed by atoms with E-state index in [2.05, 4.69) is 5.32 Å². The Balaban J connectivity index is 4.36. The van der Waals surface area contributed by atoms with Gasteiger partial charge in [-0.3, -0.25) is 14.4 Å². The van der Waals surface area contributed by atoms with Crippen LogP contribution in [-0.4, -0.2) is 55.4 Å². The molecule has 0 saturated heterocycles. The fourth-order valence-electron chi connectivity index (χ4n) is 0.779. The van der Waals surface area contributed by atoms with Gasteiger partial charge in [-0.15, -0.1) is 0 Å². The van der Waals surface area contributed by atoms with Gasteiger partial charge in [-0.05, 0) is 13.8 Å². The highest BCUT2D eigenvalue weighted by atomic mass is 32.2. The molecule has 9 heteroatoms. The van der Waals surface area contributed by atoms with E-state index in [-0.39, 0.29) is 0 Å². The number of carbonyl (C=O) groups is 3. The van der Waals surface area contributed by atoms with Gasteiger partial charge in [0.1, 0.15) is 11.3 Å². The normalized spacial score (nSPS) is 11.7. The summed E-state index contributed by atoms with van der Waals surface area (Å²) in [6.07, 6.45) is 0.914. The van der Waals surface area contributed by atoms with Gasteiger partial charge in [0.2, 0.25) is 11.8 Å². The first-order valence-corrected chi connectivity index (χ1v) is 6.84. The Hall–Kier alpha value is -1.64. The molecule has 0 aromatic carbocycles. The Morgan fingerprint density at radius 3 is 2.00 bits per heavy atom. The van der Waals surface area contributed by atoms with E-state index >= 15 is 0 Å². The lowest BCUT2D eigenvalue weighted by Gasteiger charge is -2.21. The van der Waals surface area contributed by atoms with E-state index in [1.54, 1.807) is 0 Å². The molecule has 0 heterocycles. The van der Waals surface area contributed by atoms with Gasteiger partial charge in [-0.2, -0.15) is 0 Å². The monoisotopic (exact) mass is 280 g/mol. The van der Waals surface area contributed by atoms with Gasteiger partial charge in [0.25, 0.3) is 0 Å². The van der Waals surface area contributed by atoms with Crippen molar-refractivity contribution in [3.8, 4) is 0 Å². The van der Waals surface area contributed by atoms with Crippen molar-refractivity contribution in [3.05, 3.63) is 0 Å². The predicted octanol–water partition coefficient (Wildman–Crippen LogP) is -1.87. The lowest BCUT2D eigenvalue weighted by Crippen LogP contribution is -2.50. The van der Waals surface area contributed by atoms with E-state index in [0.29, 0.717) is 0 Å². The van der Waals surface area contributed by atoms with Crippen molar-refractivity contribution in [2.45, 2.75) is 18.6 Å². The summed E-state index contributed by atoms with van der Waals surface area (Å²) in [7, 11) is -3.61. The summed E-state index contributed by atoms with van der Waals surface area (Å²) in [6.45, 7) is 1.38. The van der Waals surface area contributed by atoms with Crippen LogP contribution in [0.4, 0.5) is 0 Å². The van der Waals surface area contributed by atoms with Crippen LogP contribution in [0.25, 0.3) is 0 Å². The molecule has 0 aliphatic rings. The van der Waals surface area contributed by atoms with Gasteiger partial charge in [0.15, 0.2) is 9.84 Å². The maximum atomic E-state index is 11.6. The Morgan fingerprint density at radius 1 is 1.11 bits per heavy atom. The van der Waals surface area contributed by atoms with Crippen LogP contribution >= 0.6 is 0 Å². The van der Waals surface area contributed by atoms with E-state index in [4.69, 9.17) is 5.11 Å². The van der Waals surface area contributed by atoms with Crippen molar-refractivity contribution in [1.82, 2.24) is 10.6 Å². The molecule has 0 radical (unpaired) electrons. The third-order valence-electron chi connectivity index (χ3n) is 2.32. The van der Waals surface area contributed by atoms with Gasteiger partial charge in [0, 0.05) is 6.26 Å². The number of hydrogen-bond donors (Lipinski definition) is 3. The molecule has 0 aliphatic heterocycles. The molecule has 3 N–H and O–H groups in total. The molecule has 0 atom stereocenters. The maximum absolute atomic E-state index is 11.6. The highest BCUT2D eigenvalue weighted by Gasteiger charge is 2.38. The van der Waals surface area contributed by atoms with Crippen molar-refractivity contribution < 1.29 is 27.9 Å². The Morgan fingerprint density at radius 2 is 1.61 bits per heavy atom. The van der Waals surface area contributed by atoms with Crippen LogP contribution in [0.3, 0.4) is 0 Å². The van der Waals surface area contributed by atoms with E-state index in [1.807, 2.05) is 5.32 Å². The van der Waals surface area contributed by atoms with Crippen molar-refractivity contribution in [3.63, 3.8) is 0 Å². The summed E-state index contributed by atoms with van der Waals surface area (Å²) in [5.74, 6) is -2.75.